The van der Waals surface area contributed by atoms with Crippen molar-refractivity contribution in [2.24, 2.45) is 27.7 Å². The van der Waals surface area contributed by atoms with Crippen molar-refractivity contribution < 1.29 is 9.59 Å². The highest BCUT2D eigenvalue weighted by Gasteiger charge is 2.39. The summed E-state index contributed by atoms with van der Waals surface area (Å²) >= 11 is 0. The maximum Gasteiger partial charge on any atom is 0.163 e. The molecule has 0 saturated carbocycles. The zero-order valence-corrected chi connectivity index (χ0v) is 16.5. The number of hydrogen-bond acceptors (Lipinski definition) is 4. The number of ketones is 2. The topological polar surface area (TPSA) is 58.9 Å². The monoisotopic (exact) mass is 362 g/mol. The Morgan fingerprint density at radius 1 is 1.22 bits per heavy atom. The van der Waals surface area contributed by atoms with E-state index in [4.69, 9.17) is 9.98 Å². The van der Waals surface area contributed by atoms with Crippen molar-refractivity contribution >= 4 is 22.9 Å². The number of allylic oxidation sites excluding steroid dienone is 2. The number of carbonyl (C=O) groups excluding carboxylic acids is 2. The van der Waals surface area contributed by atoms with Gasteiger partial charge in [0.1, 0.15) is 6.04 Å². The maximum absolute atomic E-state index is 13.0. The summed E-state index contributed by atoms with van der Waals surface area (Å²) in [6, 6.07) is 6.35. The minimum Gasteiger partial charge on any atom is -0.295 e. The number of fused-ring (bicyclic) bond motifs is 2. The number of rotatable bonds is 3. The molecular weight excluding hydrogens is 336 g/mol. The zero-order valence-electron chi connectivity index (χ0n) is 16.5. The highest BCUT2D eigenvalue weighted by molar-refractivity contribution is 6.13. The fourth-order valence-electron chi connectivity index (χ4n) is 4.46. The average molecular weight is 362 g/mol. The van der Waals surface area contributed by atoms with E-state index in [0.717, 1.165) is 24.0 Å². The fraction of sp³-hybridized carbons (Fsp3) is 0.478. The van der Waals surface area contributed by atoms with Gasteiger partial charge in [-0.05, 0) is 49.0 Å². The van der Waals surface area contributed by atoms with E-state index in [1.807, 2.05) is 20.8 Å². The third-order valence-electron chi connectivity index (χ3n) is 6.13. The Morgan fingerprint density at radius 2 is 2.00 bits per heavy atom. The van der Waals surface area contributed by atoms with Gasteiger partial charge in [-0.15, -0.1) is 0 Å². The van der Waals surface area contributed by atoms with E-state index < -0.39 is 0 Å². The van der Waals surface area contributed by atoms with Crippen molar-refractivity contribution in [2.75, 3.05) is 6.54 Å². The van der Waals surface area contributed by atoms with Crippen LogP contribution in [0.3, 0.4) is 0 Å². The van der Waals surface area contributed by atoms with Crippen LogP contribution in [0, 0.1) is 24.7 Å². The van der Waals surface area contributed by atoms with Gasteiger partial charge in [0.2, 0.25) is 0 Å². The molecule has 3 aliphatic rings. The van der Waals surface area contributed by atoms with Gasteiger partial charge in [0, 0.05) is 34.9 Å². The normalized spacial score (nSPS) is 27.1. The summed E-state index contributed by atoms with van der Waals surface area (Å²) in [7, 11) is 0. The first-order valence-corrected chi connectivity index (χ1v) is 9.87. The third-order valence-corrected chi connectivity index (χ3v) is 6.13. The molecule has 140 valence electrons. The third kappa shape index (κ3) is 3.01. The second-order valence-electron chi connectivity index (χ2n) is 8.32. The van der Waals surface area contributed by atoms with Crippen LogP contribution in [0.5, 0.6) is 0 Å². The Labute approximate surface area is 159 Å². The Morgan fingerprint density at radius 3 is 2.74 bits per heavy atom. The van der Waals surface area contributed by atoms with Crippen LogP contribution >= 0.6 is 0 Å². The van der Waals surface area contributed by atoms with Gasteiger partial charge in [0.05, 0.1) is 5.36 Å². The van der Waals surface area contributed by atoms with Gasteiger partial charge in [-0.1, -0.05) is 32.9 Å². The summed E-state index contributed by atoms with van der Waals surface area (Å²) in [5.74, 6) is -0.377. The number of aliphatic imine (C=N–C) groups is 1. The molecule has 0 spiro atoms. The summed E-state index contributed by atoms with van der Waals surface area (Å²) in [5.41, 5.74) is 4.14. The second-order valence-corrected chi connectivity index (χ2v) is 8.32. The van der Waals surface area contributed by atoms with Crippen LogP contribution in [0.4, 0.5) is 0 Å². The lowest BCUT2D eigenvalue weighted by Gasteiger charge is -2.30. The van der Waals surface area contributed by atoms with E-state index in [-0.39, 0.29) is 35.4 Å². The average Bonchev–Trinajstić information content (AvgIpc) is 2.99. The van der Waals surface area contributed by atoms with E-state index in [1.165, 1.54) is 16.4 Å². The molecule has 0 radical (unpaired) electrons. The van der Waals surface area contributed by atoms with Crippen LogP contribution in [0.25, 0.3) is 5.57 Å². The molecule has 2 heterocycles. The lowest BCUT2D eigenvalue weighted by molar-refractivity contribution is -0.129. The summed E-state index contributed by atoms with van der Waals surface area (Å²) in [6.45, 7) is 8.63. The number of aryl methyl sites for hydroxylation is 1. The Kier molecular flexibility index (Phi) is 4.45. The van der Waals surface area contributed by atoms with Gasteiger partial charge in [0.25, 0.3) is 0 Å². The SMILES string of the molecule is Cc1ccc2c(c1)=NC1C(CC3C(=O)C(C(C)C)=CC(=O)C3C)=NCCC=21. The van der Waals surface area contributed by atoms with Crippen molar-refractivity contribution in [1.82, 2.24) is 0 Å². The Hall–Kier alpha value is -2.36. The Bertz CT molecular complexity index is 1010. The number of hydrogen-bond donors (Lipinski definition) is 0. The molecule has 2 aliphatic heterocycles. The largest absolute Gasteiger partial charge is 0.295 e. The highest BCUT2D eigenvalue weighted by Crippen LogP contribution is 2.33. The number of carbonyl (C=O) groups is 2. The minimum absolute atomic E-state index is 0.0564. The predicted molar refractivity (Wildman–Crippen MR) is 106 cm³/mol. The molecule has 0 fully saturated rings. The molecule has 3 unspecified atom stereocenters. The Balaban J connectivity index is 1.67. The second kappa shape index (κ2) is 6.66. The summed E-state index contributed by atoms with van der Waals surface area (Å²) < 4.78 is 0. The van der Waals surface area contributed by atoms with Crippen molar-refractivity contribution in [2.45, 2.75) is 46.6 Å². The quantitative estimate of drug-likeness (QED) is 0.829. The van der Waals surface area contributed by atoms with Crippen molar-refractivity contribution in [3.8, 4) is 0 Å². The lowest BCUT2D eigenvalue weighted by Crippen LogP contribution is -2.38. The molecule has 4 heteroatoms. The van der Waals surface area contributed by atoms with Crippen LogP contribution in [-0.2, 0) is 9.59 Å². The standard InChI is InChI=1S/C23H26N2O2/c1-12(2)17-11-21(26)14(4)18(23(17)27)10-20-22-16(7-8-24-20)15-6-5-13(3)9-19(15)25-22/h5-6,9,11-12,14,18,22H,7-8,10H2,1-4H3. The molecular formula is C23H26N2O2. The van der Waals surface area contributed by atoms with E-state index in [0.29, 0.717) is 12.0 Å². The molecule has 0 saturated heterocycles. The van der Waals surface area contributed by atoms with E-state index >= 15 is 0 Å². The number of benzene rings is 1. The summed E-state index contributed by atoms with van der Waals surface area (Å²) in [5, 5.41) is 2.26. The van der Waals surface area contributed by atoms with E-state index in [1.54, 1.807) is 6.08 Å². The molecule has 0 aromatic heterocycles. The van der Waals surface area contributed by atoms with Crippen LogP contribution in [0.15, 0.2) is 39.8 Å². The van der Waals surface area contributed by atoms with Crippen LogP contribution in [0.1, 0.15) is 39.2 Å². The van der Waals surface area contributed by atoms with Crippen molar-refractivity contribution in [1.29, 1.82) is 0 Å². The summed E-state index contributed by atoms with van der Waals surface area (Å²) in [4.78, 5) is 35.2. The van der Waals surface area contributed by atoms with Gasteiger partial charge in [-0.25, -0.2) is 0 Å². The molecule has 27 heavy (non-hydrogen) atoms. The first kappa shape index (κ1) is 18.0. The zero-order chi connectivity index (χ0) is 19.3. The van der Waals surface area contributed by atoms with Crippen LogP contribution < -0.4 is 10.6 Å². The van der Waals surface area contributed by atoms with Gasteiger partial charge in [-0.3, -0.25) is 19.6 Å². The summed E-state index contributed by atoms with van der Waals surface area (Å²) in [6.07, 6.45) is 3.01. The number of nitrogens with zero attached hydrogens (tertiary/aromatic N) is 2. The molecule has 1 aromatic carbocycles. The minimum atomic E-state index is -0.321. The molecule has 1 aliphatic carbocycles. The predicted octanol–water partition coefficient (Wildman–Crippen LogP) is 2.37. The van der Waals surface area contributed by atoms with Gasteiger partial charge in [-0.2, -0.15) is 0 Å². The van der Waals surface area contributed by atoms with Gasteiger partial charge < -0.3 is 0 Å². The fourth-order valence-corrected chi connectivity index (χ4v) is 4.46. The first-order valence-electron chi connectivity index (χ1n) is 9.87. The van der Waals surface area contributed by atoms with Gasteiger partial charge in [0.15, 0.2) is 11.6 Å². The lowest BCUT2D eigenvalue weighted by atomic mass is 9.72. The molecule has 0 bridgehead atoms. The molecule has 3 atom stereocenters. The molecule has 4 rings (SSSR count). The highest BCUT2D eigenvalue weighted by atomic mass is 16.1. The molecule has 0 amide bonds. The molecule has 4 nitrogen and oxygen atoms in total. The first-order chi connectivity index (χ1) is 12.9. The smallest absolute Gasteiger partial charge is 0.163 e. The van der Waals surface area contributed by atoms with Crippen molar-refractivity contribution in [3.05, 3.63) is 46.0 Å². The molecule has 0 N–H and O–H groups in total. The van der Waals surface area contributed by atoms with E-state index in [9.17, 15) is 9.59 Å². The van der Waals surface area contributed by atoms with Crippen LogP contribution in [0.2, 0.25) is 0 Å². The van der Waals surface area contributed by atoms with Crippen LogP contribution in [-0.4, -0.2) is 29.9 Å². The van der Waals surface area contributed by atoms with E-state index in [2.05, 4.69) is 25.1 Å². The van der Waals surface area contributed by atoms with Crippen molar-refractivity contribution in [3.63, 3.8) is 0 Å². The number of Topliss-reactive ketones (excluding diaryl/α,β-unsaturated/α-hetero) is 1. The maximum atomic E-state index is 13.0. The van der Waals surface area contributed by atoms with Gasteiger partial charge >= 0.3 is 0 Å². The molecule has 1 aromatic rings.